The molecule has 5 atom stereocenters. The zero-order chi connectivity index (χ0) is 16.5. The quantitative estimate of drug-likeness (QED) is 0.367. The molecule has 0 amide bonds. The second kappa shape index (κ2) is 6.90. The van der Waals surface area contributed by atoms with Gasteiger partial charge in [0.25, 0.3) is 0 Å². The van der Waals surface area contributed by atoms with Gasteiger partial charge in [-0.1, -0.05) is 0 Å². The van der Waals surface area contributed by atoms with Gasteiger partial charge in [-0.25, -0.2) is 4.57 Å². The zero-order valence-electron chi connectivity index (χ0n) is 11.7. The first-order valence-corrected chi connectivity index (χ1v) is 8.40. The molecule has 2 aliphatic rings. The Kier molecular flexibility index (Phi) is 5.57. The summed E-state index contributed by atoms with van der Waals surface area (Å²) in [4.78, 5) is 30.0. The highest BCUT2D eigenvalue weighted by Crippen LogP contribution is 2.37. The maximum Gasteiger partial charge on any atom is 0.469 e. The van der Waals surface area contributed by atoms with Crippen molar-refractivity contribution in [1.29, 1.82) is 0 Å². The Morgan fingerprint density at radius 1 is 1.32 bits per heavy atom. The van der Waals surface area contributed by atoms with Crippen LogP contribution in [0.2, 0.25) is 0 Å². The number of hydrogen-bond acceptors (Lipinski definition) is 7. The van der Waals surface area contributed by atoms with Gasteiger partial charge in [0.2, 0.25) is 0 Å². The highest BCUT2D eigenvalue weighted by molar-refractivity contribution is 7.46. The molecule has 0 aliphatic carbocycles. The summed E-state index contributed by atoms with van der Waals surface area (Å²) in [5.74, 6) is -1.51. The molecule has 2 heterocycles. The van der Waals surface area contributed by atoms with Crippen molar-refractivity contribution < 1.29 is 43.7 Å². The maximum atomic E-state index is 11.1. The Bertz CT molecular complexity index is 455. The minimum atomic E-state index is -4.70. The Hall–Kier alpha value is -0.580. The Balaban J connectivity index is 1.97. The smallest absolute Gasteiger partial charge is 0.469 e. The van der Waals surface area contributed by atoms with E-state index in [0.717, 1.165) is 0 Å². The van der Waals surface area contributed by atoms with Gasteiger partial charge in [-0.05, 0) is 12.8 Å². The number of carbonyl (C=O) groups is 1. The van der Waals surface area contributed by atoms with E-state index in [0.29, 0.717) is 19.4 Å². The van der Waals surface area contributed by atoms with Gasteiger partial charge in [-0.15, -0.1) is 0 Å². The molecule has 5 N–H and O–H groups in total. The molecular weight excluding hydrogens is 321 g/mol. The first-order valence-electron chi connectivity index (χ1n) is 6.87. The SMILES string of the molecule is O=C(O)C1CCCN([C@H]2O[C@H](COP(=O)(O)O)[C@@H](O)[C@H]2O)C1. The van der Waals surface area contributed by atoms with Crippen LogP contribution < -0.4 is 0 Å². The number of aliphatic hydroxyl groups excluding tert-OH is 2. The first-order chi connectivity index (χ1) is 10.2. The summed E-state index contributed by atoms with van der Waals surface area (Å²) >= 11 is 0. The number of phosphoric acid groups is 1. The normalized spacial score (nSPS) is 37.4. The molecule has 2 aliphatic heterocycles. The molecule has 2 fully saturated rings. The molecule has 2 rings (SSSR count). The molecule has 10 nitrogen and oxygen atoms in total. The summed E-state index contributed by atoms with van der Waals surface area (Å²) in [7, 11) is -4.70. The lowest BCUT2D eigenvalue weighted by molar-refractivity contribution is -0.149. The van der Waals surface area contributed by atoms with Crippen LogP contribution >= 0.6 is 7.82 Å². The highest BCUT2D eigenvalue weighted by Gasteiger charge is 2.47. The summed E-state index contributed by atoms with van der Waals surface area (Å²) < 4.78 is 20.4. The summed E-state index contributed by atoms with van der Waals surface area (Å²) in [5.41, 5.74) is 0. The lowest BCUT2D eigenvalue weighted by atomic mass is 9.97. The van der Waals surface area contributed by atoms with E-state index in [1.165, 1.54) is 0 Å². The van der Waals surface area contributed by atoms with E-state index >= 15 is 0 Å². The number of nitrogens with zero attached hydrogens (tertiary/aromatic N) is 1. The van der Waals surface area contributed by atoms with Crippen LogP contribution in [0.1, 0.15) is 12.8 Å². The first kappa shape index (κ1) is 17.8. The van der Waals surface area contributed by atoms with Gasteiger partial charge in [0, 0.05) is 13.1 Å². The fourth-order valence-corrected chi connectivity index (χ4v) is 3.12. The average Bonchev–Trinajstić information content (AvgIpc) is 2.72. The van der Waals surface area contributed by atoms with E-state index in [-0.39, 0.29) is 6.54 Å². The topological polar surface area (TPSA) is 157 Å². The third-order valence-corrected chi connectivity index (χ3v) is 4.39. The summed E-state index contributed by atoms with van der Waals surface area (Å²) in [6.45, 7) is 0.106. The van der Waals surface area contributed by atoms with Gasteiger partial charge in [0.1, 0.15) is 24.5 Å². The van der Waals surface area contributed by atoms with Crippen molar-refractivity contribution >= 4 is 13.8 Å². The number of hydrogen-bond donors (Lipinski definition) is 5. The van der Waals surface area contributed by atoms with Crippen molar-refractivity contribution in [1.82, 2.24) is 4.90 Å². The van der Waals surface area contributed by atoms with Crippen molar-refractivity contribution in [2.45, 2.75) is 37.4 Å². The number of phosphoric ester groups is 1. The molecule has 2 saturated heterocycles. The van der Waals surface area contributed by atoms with Gasteiger partial charge in [-0.2, -0.15) is 0 Å². The predicted octanol–water partition coefficient (Wildman–Crippen LogP) is -1.66. The fraction of sp³-hybridized carbons (Fsp3) is 0.909. The molecule has 0 saturated carbocycles. The number of ether oxygens (including phenoxy) is 1. The lowest BCUT2D eigenvalue weighted by Gasteiger charge is -2.35. The van der Waals surface area contributed by atoms with Gasteiger partial charge in [-0.3, -0.25) is 14.2 Å². The maximum absolute atomic E-state index is 11.1. The van der Waals surface area contributed by atoms with Crippen LogP contribution in [0, 0.1) is 5.92 Å². The number of aliphatic carboxylic acids is 1. The number of aliphatic hydroxyl groups is 2. The van der Waals surface area contributed by atoms with Crippen LogP contribution in [0.4, 0.5) is 0 Å². The summed E-state index contributed by atoms with van der Waals surface area (Å²) in [5, 5.41) is 29.0. The molecule has 11 heteroatoms. The number of likely N-dealkylation sites (tertiary alicyclic amines) is 1. The number of carboxylic acid groups (broad SMARTS) is 1. The van der Waals surface area contributed by atoms with E-state index in [2.05, 4.69) is 4.52 Å². The largest absolute Gasteiger partial charge is 0.481 e. The Labute approximate surface area is 126 Å². The van der Waals surface area contributed by atoms with E-state index in [4.69, 9.17) is 19.6 Å². The van der Waals surface area contributed by atoms with Crippen molar-refractivity contribution in [2.24, 2.45) is 5.92 Å². The third-order valence-electron chi connectivity index (χ3n) is 3.91. The van der Waals surface area contributed by atoms with Crippen LogP contribution in [0.25, 0.3) is 0 Å². The molecule has 0 bridgehead atoms. The van der Waals surface area contributed by atoms with Crippen LogP contribution in [-0.2, 0) is 18.6 Å². The number of rotatable bonds is 5. The van der Waals surface area contributed by atoms with Crippen molar-refractivity contribution in [2.75, 3.05) is 19.7 Å². The molecule has 0 radical (unpaired) electrons. The zero-order valence-corrected chi connectivity index (χ0v) is 12.6. The number of carboxylic acids is 1. The molecule has 1 unspecified atom stereocenters. The standard InChI is InChI=1S/C11H20NO9P/c13-8-7(5-20-22(17,18)19)21-10(9(8)14)12-3-1-2-6(4-12)11(15)16/h6-10,13-14H,1-5H2,(H,15,16)(H2,17,18,19)/t6?,7-,8-,9-,10+/m1/s1. The average molecular weight is 341 g/mol. The highest BCUT2D eigenvalue weighted by atomic mass is 31.2. The van der Waals surface area contributed by atoms with Gasteiger partial charge in [0.15, 0.2) is 0 Å². The predicted molar refractivity (Wildman–Crippen MR) is 70.6 cm³/mol. The van der Waals surface area contributed by atoms with E-state index in [1.807, 2.05) is 0 Å². The van der Waals surface area contributed by atoms with Crippen LogP contribution in [0.5, 0.6) is 0 Å². The minimum Gasteiger partial charge on any atom is -0.481 e. The second-order valence-corrected chi connectivity index (χ2v) is 6.74. The number of piperidine rings is 1. The van der Waals surface area contributed by atoms with Gasteiger partial charge in [0.05, 0.1) is 12.5 Å². The fourth-order valence-electron chi connectivity index (χ4n) is 2.78. The molecule has 0 aromatic rings. The third kappa shape index (κ3) is 4.24. The monoisotopic (exact) mass is 341 g/mol. The second-order valence-electron chi connectivity index (χ2n) is 5.50. The summed E-state index contributed by atoms with van der Waals surface area (Å²) in [6, 6.07) is 0. The van der Waals surface area contributed by atoms with E-state index in [9.17, 15) is 19.6 Å². The van der Waals surface area contributed by atoms with Crippen molar-refractivity contribution in [3.63, 3.8) is 0 Å². The Morgan fingerprint density at radius 3 is 2.59 bits per heavy atom. The molecule has 0 aromatic carbocycles. The molecule has 0 spiro atoms. The van der Waals surface area contributed by atoms with Crippen molar-refractivity contribution in [3.05, 3.63) is 0 Å². The molecule has 0 aromatic heterocycles. The van der Waals surface area contributed by atoms with Gasteiger partial charge < -0.3 is 29.8 Å². The Morgan fingerprint density at radius 2 is 2.00 bits per heavy atom. The minimum absolute atomic E-state index is 0.176. The van der Waals surface area contributed by atoms with Crippen LogP contribution in [-0.4, -0.2) is 80.2 Å². The van der Waals surface area contributed by atoms with Crippen molar-refractivity contribution in [3.8, 4) is 0 Å². The van der Waals surface area contributed by atoms with E-state index < -0.39 is 50.9 Å². The molecule has 128 valence electrons. The lowest BCUT2D eigenvalue weighted by Crippen LogP contribution is -2.49. The molecule has 22 heavy (non-hydrogen) atoms. The van der Waals surface area contributed by atoms with E-state index in [1.54, 1.807) is 4.90 Å². The van der Waals surface area contributed by atoms with Gasteiger partial charge >= 0.3 is 13.8 Å². The van der Waals surface area contributed by atoms with Crippen LogP contribution in [0.15, 0.2) is 0 Å². The molecular formula is C11H20NO9P. The summed E-state index contributed by atoms with van der Waals surface area (Å²) in [6.07, 6.45) is -3.56. The van der Waals surface area contributed by atoms with Crippen LogP contribution in [0.3, 0.4) is 0 Å².